The van der Waals surface area contributed by atoms with Crippen LogP contribution in [0.5, 0.6) is 11.5 Å². The van der Waals surface area contributed by atoms with E-state index in [-0.39, 0.29) is 28.7 Å². The summed E-state index contributed by atoms with van der Waals surface area (Å²) in [5.74, 6) is -0.290. The highest BCUT2D eigenvalue weighted by Gasteiger charge is 2.17. The molecule has 0 atom stereocenters. The number of aromatic hydroxyl groups is 1. The fourth-order valence-corrected chi connectivity index (χ4v) is 1.42. The highest BCUT2D eigenvalue weighted by Crippen LogP contribution is 2.38. The van der Waals surface area contributed by atoms with E-state index in [1.165, 1.54) is 20.1 Å². The molecule has 0 heterocycles. The summed E-state index contributed by atoms with van der Waals surface area (Å²) in [6.45, 7) is 2.94. The van der Waals surface area contributed by atoms with Crippen molar-refractivity contribution in [2.45, 2.75) is 13.8 Å². The lowest BCUT2D eigenvalue weighted by Crippen LogP contribution is -2.09. The Morgan fingerprint density at radius 1 is 1.56 bits per heavy atom. The van der Waals surface area contributed by atoms with Gasteiger partial charge in [0.15, 0.2) is 12.0 Å². The van der Waals surface area contributed by atoms with Gasteiger partial charge in [-0.1, -0.05) is 0 Å². The van der Waals surface area contributed by atoms with Gasteiger partial charge in [0.25, 0.3) is 0 Å². The number of hydrogen-bond acceptors (Lipinski definition) is 4. The predicted molar refractivity (Wildman–Crippen MR) is 59.1 cm³/mol. The molecule has 0 saturated heterocycles. The first-order valence-electron chi connectivity index (χ1n) is 4.64. The summed E-state index contributed by atoms with van der Waals surface area (Å²) in [5.41, 5.74) is 0.894. The number of aldehydes is 1. The average Bonchev–Trinajstić information content (AvgIpc) is 2.23. The molecule has 0 saturated carbocycles. The summed E-state index contributed by atoms with van der Waals surface area (Å²) in [6, 6.07) is 1.49. The molecule has 0 aliphatic carbocycles. The van der Waals surface area contributed by atoms with Crippen LogP contribution in [0.3, 0.4) is 0 Å². The fourth-order valence-electron chi connectivity index (χ4n) is 1.42. The first-order chi connectivity index (χ1) is 7.51. The Labute approximate surface area is 93.0 Å². The highest BCUT2D eigenvalue weighted by molar-refractivity contribution is 5.96. The number of hydrogen-bond donors (Lipinski definition) is 2. The number of anilines is 1. The molecule has 86 valence electrons. The van der Waals surface area contributed by atoms with Crippen molar-refractivity contribution >= 4 is 17.9 Å². The monoisotopic (exact) mass is 223 g/mol. The third kappa shape index (κ3) is 2.13. The number of aryl methyl sites for hydroxylation is 1. The van der Waals surface area contributed by atoms with Gasteiger partial charge in [-0.25, -0.2) is 0 Å². The molecule has 0 fully saturated rings. The molecule has 1 aromatic carbocycles. The molecule has 5 nitrogen and oxygen atoms in total. The average molecular weight is 223 g/mol. The number of carbonyl (C=O) groups excluding carboxylic acids is 2. The van der Waals surface area contributed by atoms with Gasteiger partial charge in [-0.05, 0) is 18.6 Å². The number of phenols is 1. The number of ether oxygens (including phenoxy) is 1. The van der Waals surface area contributed by atoms with Crippen LogP contribution < -0.4 is 10.1 Å². The largest absolute Gasteiger partial charge is 0.505 e. The zero-order valence-electron chi connectivity index (χ0n) is 9.33. The molecule has 0 bridgehead atoms. The van der Waals surface area contributed by atoms with Crippen LogP contribution in [0.1, 0.15) is 22.8 Å². The summed E-state index contributed by atoms with van der Waals surface area (Å²) in [6.07, 6.45) is 0.608. The Kier molecular flexibility index (Phi) is 3.50. The molecule has 0 aliphatic heterocycles. The third-order valence-electron chi connectivity index (χ3n) is 2.10. The third-order valence-corrected chi connectivity index (χ3v) is 2.10. The zero-order chi connectivity index (χ0) is 12.3. The van der Waals surface area contributed by atoms with Crippen molar-refractivity contribution in [3.63, 3.8) is 0 Å². The highest BCUT2D eigenvalue weighted by atomic mass is 16.5. The van der Waals surface area contributed by atoms with Gasteiger partial charge in [-0.2, -0.15) is 0 Å². The molecule has 0 radical (unpaired) electrons. The van der Waals surface area contributed by atoms with Crippen molar-refractivity contribution in [1.29, 1.82) is 0 Å². The van der Waals surface area contributed by atoms with Crippen molar-refractivity contribution in [2.24, 2.45) is 0 Å². The van der Waals surface area contributed by atoms with E-state index in [1.807, 2.05) is 0 Å². The minimum absolute atomic E-state index is 0.0994. The predicted octanol–water partition coefficient (Wildman–Crippen LogP) is 1.48. The molecular weight excluding hydrogens is 210 g/mol. The van der Waals surface area contributed by atoms with Crippen molar-refractivity contribution in [3.8, 4) is 11.5 Å². The molecule has 0 spiro atoms. The Balaban J connectivity index is 3.46. The molecular formula is C11H13NO4. The summed E-state index contributed by atoms with van der Waals surface area (Å²) < 4.78 is 5.00. The van der Waals surface area contributed by atoms with Crippen molar-refractivity contribution in [1.82, 2.24) is 0 Å². The molecule has 1 aromatic rings. The van der Waals surface area contributed by atoms with Gasteiger partial charge in [0.05, 0.1) is 12.7 Å². The summed E-state index contributed by atoms with van der Waals surface area (Å²) >= 11 is 0. The van der Waals surface area contributed by atoms with E-state index in [0.29, 0.717) is 11.8 Å². The molecule has 16 heavy (non-hydrogen) atoms. The Morgan fingerprint density at radius 2 is 2.19 bits per heavy atom. The number of methoxy groups -OCH3 is 1. The van der Waals surface area contributed by atoms with Crippen LogP contribution in [0.25, 0.3) is 0 Å². The van der Waals surface area contributed by atoms with E-state index < -0.39 is 0 Å². The lowest BCUT2D eigenvalue weighted by molar-refractivity contribution is -0.114. The van der Waals surface area contributed by atoms with E-state index in [1.54, 1.807) is 6.92 Å². The van der Waals surface area contributed by atoms with Crippen LogP contribution in [0, 0.1) is 6.92 Å². The maximum atomic E-state index is 11.0. The lowest BCUT2D eigenvalue weighted by atomic mass is 10.1. The number of rotatable bonds is 3. The van der Waals surface area contributed by atoms with Gasteiger partial charge >= 0.3 is 0 Å². The minimum Gasteiger partial charge on any atom is -0.505 e. The Morgan fingerprint density at radius 3 is 2.62 bits per heavy atom. The number of phenolic OH excluding ortho intramolecular Hbond substituents is 1. The normalized spacial score (nSPS) is 9.69. The second-order valence-electron chi connectivity index (χ2n) is 3.34. The zero-order valence-corrected chi connectivity index (χ0v) is 9.33. The SMILES string of the molecule is COc1c(C=O)cc(C)c(O)c1NC(C)=O. The minimum atomic E-state index is -0.351. The van der Waals surface area contributed by atoms with Gasteiger partial charge < -0.3 is 15.2 Å². The molecule has 5 heteroatoms. The first-order valence-corrected chi connectivity index (χ1v) is 4.64. The van der Waals surface area contributed by atoms with Gasteiger partial charge in [0.1, 0.15) is 11.4 Å². The van der Waals surface area contributed by atoms with E-state index in [9.17, 15) is 14.7 Å². The molecule has 0 aromatic heterocycles. The molecule has 2 N–H and O–H groups in total. The van der Waals surface area contributed by atoms with Crippen LogP contribution in [0.2, 0.25) is 0 Å². The maximum absolute atomic E-state index is 11.0. The van der Waals surface area contributed by atoms with Gasteiger partial charge in [-0.3, -0.25) is 9.59 Å². The second-order valence-corrected chi connectivity index (χ2v) is 3.34. The number of carbonyl (C=O) groups is 2. The van der Waals surface area contributed by atoms with Gasteiger partial charge in [0, 0.05) is 6.92 Å². The number of amides is 1. The summed E-state index contributed by atoms with van der Waals surface area (Å²) in [5, 5.41) is 12.2. The smallest absolute Gasteiger partial charge is 0.221 e. The number of nitrogens with one attached hydrogen (secondary N) is 1. The van der Waals surface area contributed by atoms with E-state index in [2.05, 4.69) is 5.32 Å². The van der Waals surface area contributed by atoms with E-state index in [4.69, 9.17) is 4.74 Å². The van der Waals surface area contributed by atoms with Crippen molar-refractivity contribution in [3.05, 3.63) is 17.2 Å². The first kappa shape index (κ1) is 12.0. The molecule has 1 rings (SSSR count). The van der Waals surface area contributed by atoms with E-state index in [0.717, 1.165) is 0 Å². The fraction of sp³-hybridized carbons (Fsp3) is 0.273. The summed E-state index contributed by atoms with van der Waals surface area (Å²) in [4.78, 5) is 21.8. The van der Waals surface area contributed by atoms with Crippen LogP contribution in [0.15, 0.2) is 6.07 Å². The Hall–Kier alpha value is -2.04. The lowest BCUT2D eigenvalue weighted by Gasteiger charge is -2.14. The van der Waals surface area contributed by atoms with Crippen molar-refractivity contribution in [2.75, 3.05) is 12.4 Å². The van der Waals surface area contributed by atoms with Crippen LogP contribution in [-0.4, -0.2) is 24.4 Å². The van der Waals surface area contributed by atoms with Crippen molar-refractivity contribution < 1.29 is 19.4 Å². The molecule has 0 aliphatic rings. The van der Waals surface area contributed by atoms with Gasteiger partial charge in [-0.15, -0.1) is 0 Å². The maximum Gasteiger partial charge on any atom is 0.221 e. The number of benzene rings is 1. The van der Waals surface area contributed by atoms with Crippen LogP contribution in [-0.2, 0) is 4.79 Å². The molecule has 0 unspecified atom stereocenters. The quantitative estimate of drug-likeness (QED) is 0.601. The summed E-state index contributed by atoms with van der Waals surface area (Å²) in [7, 11) is 1.36. The standard InChI is InChI=1S/C11H13NO4/c1-6-4-8(5-13)11(16-3)9(10(6)15)12-7(2)14/h4-5,15H,1-3H3,(H,12,14). The Bertz CT molecular complexity index is 440. The van der Waals surface area contributed by atoms with E-state index >= 15 is 0 Å². The second kappa shape index (κ2) is 4.65. The van der Waals surface area contributed by atoms with Gasteiger partial charge in [0.2, 0.25) is 5.91 Å². The van der Waals surface area contributed by atoms with Crippen LogP contribution >= 0.6 is 0 Å². The van der Waals surface area contributed by atoms with Crippen LogP contribution in [0.4, 0.5) is 5.69 Å². The molecule has 1 amide bonds. The topological polar surface area (TPSA) is 75.6 Å².